The standard InChI is InChI=1S/C25H30N2O2/c1-27(2)25(22-11-7-4-8-12-22)18-26-17-23(28)19-29-24-15-13-21(14-16-24)20-9-5-3-6-10-20/h3-16,23,25-26,28H,17-19H2,1-2H3/t23-,25-/m0/s1. The Morgan fingerprint density at radius 2 is 1.38 bits per heavy atom. The molecule has 2 atom stereocenters. The predicted molar refractivity (Wildman–Crippen MR) is 119 cm³/mol. The summed E-state index contributed by atoms with van der Waals surface area (Å²) in [6.07, 6.45) is -0.567. The molecule has 0 aliphatic carbocycles. The first kappa shape index (κ1) is 21.1. The average molecular weight is 391 g/mol. The number of hydrogen-bond acceptors (Lipinski definition) is 4. The summed E-state index contributed by atoms with van der Waals surface area (Å²) < 4.78 is 5.75. The molecule has 0 unspecified atom stereocenters. The first-order valence-corrected chi connectivity index (χ1v) is 10.0. The minimum Gasteiger partial charge on any atom is -0.491 e. The number of likely N-dealkylation sites (N-methyl/N-ethyl adjacent to an activating group) is 1. The molecule has 152 valence electrons. The SMILES string of the molecule is CN(C)[C@@H](CNC[C@H](O)COc1ccc(-c2ccccc2)cc1)c1ccccc1. The molecule has 0 radical (unpaired) electrons. The molecule has 0 aromatic heterocycles. The van der Waals surface area contributed by atoms with Crippen LogP contribution in [0.3, 0.4) is 0 Å². The molecule has 0 spiro atoms. The van der Waals surface area contributed by atoms with E-state index in [0.29, 0.717) is 6.54 Å². The summed E-state index contributed by atoms with van der Waals surface area (Å²) in [5.41, 5.74) is 3.59. The molecule has 0 heterocycles. The number of aliphatic hydroxyl groups is 1. The van der Waals surface area contributed by atoms with E-state index in [9.17, 15) is 5.11 Å². The highest BCUT2D eigenvalue weighted by Gasteiger charge is 2.14. The maximum Gasteiger partial charge on any atom is 0.119 e. The van der Waals surface area contributed by atoms with Gasteiger partial charge in [0.2, 0.25) is 0 Å². The quantitative estimate of drug-likeness (QED) is 0.550. The van der Waals surface area contributed by atoms with Gasteiger partial charge in [0, 0.05) is 19.1 Å². The van der Waals surface area contributed by atoms with Crippen LogP contribution in [0.1, 0.15) is 11.6 Å². The van der Waals surface area contributed by atoms with Crippen LogP contribution in [-0.2, 0) is 0 Å². The van der Waals surface area contributed by atoms with Gasteiger partial charge in [0.25, 0.3) is 0 Å². The fourth-order valence-electron chi connectivity index (χ4n) is 3.29. The molecule has 0 saturated heterocycles. The second-order valence-corrected chi connectivity index (χ2v) is 7.40. The Morgan fingerprint density at radius 1 is 0.793 bits per heavy atom. The Hall–Kier alpha value is -2.66. The molecule has 29 heavy (non-hydrogen) atoms. The number of ether oxygens (including phenoxy) is 1. The van der Waals surface area contributed by atoms with E-state index in [1.54, 1.807) is 0 Å². The number of aliphatic hydroxyl groups excluding tert-OH is 1. The monoisotopic (exact) mass is 390 g/mol. The third kappa shape index (κ3) is 6.43. The molecule has 0 fully saturated rings. The summed E-state index contributed by atoms with van der Waals surface area (Å²) in [5.74, 6) is 0.763. The van der Waals surface area contributed by atoms with E-state index in [1.807, 2.05) is 48.5 Å². The summed E-state index contributed by atoms with van der Waals surface area (Å²) in [6, 6.07) is 28.9. The van der Waals surface area contributed by atoms with Crippen molar-refractivity contribution in [3.8, 4) is 16.9 Å². The zero-order valence-corrected chi connectivity index (χ0v) is 17.2. The van der Waals surface area contributed by atoms with E-state index in [2.05, 4.69) is 60.7 Å². The summed E-state index contributed by atoms with van der Waals surface area (Å²) >= 11 is 0. The van der Waals surface area contributed by atoms with Crippen LogP contribution in [0.2, 0.25) is 0 Å². The molecule has 4 nitrogen and oxygen atoms in total. The van der Waals surface area contributed by atoms with E-state index < -0.39 is 6.10 Å². The van der Waals surface area contributed by atoms with E-state index in [-0.39, 0.29) is 12.6 Å². The lowest BCUT2D eigenvalue weighted by Gasteiger charge is -2.25. The van der Waals surface area contributed by atoms with Gasteiger partial charge in [0.05, 0.1) is 0 Å². The number of rotatable bonds is 10. The van der Waals surface area contributed by atoms with Gasteiger partial charge < -0.3 is 20.1 Å². The fourth-order valence-corrected chi connectivity index (χ4v) is 3.29. The summed E-state index contributed by atoms with van der Waals surface area (Å²) in [5, 5.41) is 13.6. The van der Waals surface area contributed by atoms with Crippen LogP contribution in [0.15, 0.2) is 84.9 Å². The zero-order valence-electron chi connectivity index (χ0n) is 17.2. The van der Waals surface area contributed by atoms with E-state index >= 15 is 0 Å². The third-order valence-corrected chi connectivity index (χ3v) is 4.93. The maximum absolute atomic E-state index is 10.3. The molecule has 4 heteroatoms. The van der Waals surface area contributed by atoms with Gasteiger partial charge in [-0.15, -0.1) is 0 Å². The van der Waals surface area contributed by atoms with Crippen molar-refractivity contribution in [2.75, 3.05) is 33.8 Å². The molecular weight excluding hydrogens is 360 g/mol. The number of nitrogens with zero attached hydrogens (tertiary/aromatic N) is 1. The van der Waals surface area contributed by atoms with Gasteiger partial charge in [-0.25, -0.2) is 0 Å². The molecular formula is C25H30N2O2. The first-order valence-electron chi connectivity index (χ1n) is 10.0. The lowest BCUT2D eigenvalue weighted by molar-refractivity contribution is 0.104. The van der Waals surface area contributed by atoms with Crippen LogP contribution in [0.5, 0.6) is 5.75 Å². The molecule has 3 aromatic carbocycles. The van der Waals surface area contributed by atoms with Crippen molar-refractivity contribution < 1.29 is 9.84 Å². The molecule has 0 amide bonds. The van der Waals surface area contributed by atoms with Gasteiger partial charge in [0.15, 0.2) is 0 Å². The predicted octanol–water partition coefficient (Wildman–Crippen LogP) is 3.99. The molecule has 0 aliphatic rings. The normalized spacial score (nSPS) is 13.2. The zero-order chi connectivity index (χ0) is 20.5. The van der Waals surface area contributed by atoms with Crippen molar-refractivity contribution in [2.45, 2.75) is 12.1 Å². The highest BCUT2D eigenvalue weighted by atomic mass is 16.5. The fraction of sp³-hybridized carbons (Fsp3) is 0.280. The minimum absolute atomic E-state index is 0.259. The Labute approximate surface area is 173 Å². The average Bonchev–Trinajstić information content (AvgIpc) is 2.76. The van der Waals surface area contributed by atoms with Gasteiger partial charge in [0.1, 0.15) is 18.5 Å². The van der Waals surface area contributed by atoms with Gasteiger partial charge in [-0.3, -0.25) is 0 Å². The maximum atomic E-state index is 10.3. The third-order valence-electron chi connectivity index (χ3n) is 4.93. The number of benzene rings is 3. The van der Waals surface area contributed by atoms with E-state index in [0.717, 1.165) is 17.9 Å². The van der Waals surface area contributed by atoms with Crippen molar-refractivity contribution in [1.82, 2.24) is 10.2 Å². The van der Waals surface area contributed by atoms with Gasteiger partial charge >= 0.3 is 0 Å². The van der Waals surface area contributed by atoms with Crippen LogP contribution in [0, 0.1) is 0 Å². The van der Waals surface area contributed by atoms with Crippen molar-refractivity contribution in [3.05, 3.63) is 90.5 Å². The van der Waals surface area contributed by atoms with Crippen molar-refractivity contribution in [3.63, 3.8) is 0 Å². The second kappa shape index (κ2) is 10.8. The number of nitrogens with one attached hydrogen (secondary N) is 1. The van der Waals surface area contributed by atoms with E-state index in [1.165, 1.54) is 11.1 Å². The largest absolute Gasteiger partial charge is 0.491 e. The highest BCUT2D eigenvalue weighted by Crippen LogP contribution is 2.22. The van der Waals surface area contributed by atoms with Crippen molar-refractivity contribution in [1.29, 1.82) is 0 Å². The summed E-state index contributed by atoms with van der Waals surface area (Å²) in [4.78, 5) is 2.18. The molecule has 0 bridgehead atoms. The Balaban J connectivity index is 1.43. The molecule has 0 saturated carbocycles. The second-order valence-electron chi connectivity index (χ2n) is 7.40. The van der Waals surface area contributed by atoms with Crippen LogP contribution >= 0.6 is 0 Å². The topological polar surface area (TPSA) is 44.7 Å². The summed E-state index contributed by atoms with van der Waals surface area (Å²) in [7, 11) is 4.13. The Bertz CT molecular complexity index is 836. The van der Waals surface area contributed by atoms with Crippen molar-refractivity contribution >= 4 is 0 Å². The first-order chi connectivity index (χ1) is 14.1. The van der Waals surface area contributed by atoms with E-state index in [4.69, 9.17) is 4.74 Å². The van der Waals surface area contributed by atoms with Crippen LogP contribution in [0.25, 0.3) is 11.1 Å². The lowest BCUT2D eigenvalue weighted by atomic mass is 10.1. The lowest BCUT2D eigenvalue weighted by Crippen LogP contribution is -2.37. The highest BCUT2D eigenvalue weighted by molar-refractivity contribution is 5.63. The Morgan fingerprint density at radius 3 is 2.00 bits per heavy atom. The van der Waals surface area contributed by atoms with Gasteiger partial charge in [-0.05, 0) is 42.9 Å². The number of hydrogen-bond donors (Lipinski definition) is 2. The van der Waals surface area contributed by atoms with Crippen LogP contribution in [0.4, 0.5) is 0 Å². The van der Waals surface area contributed by atoms with Crippen molar-refractivity contribution in [2.24, 2.45) is 0 Å². The smallest absolute Gasteiger partial charge is 0.119 e. The molecule has 0 aliphatic heterocycles. The molecule has 3 rings (SSSR count). The van der Waals surface area contributed by atoms with Gasteiger partial charge in [-0.2, -0.15) is 0 Å². The molecule has 3 aromatic rings. The molecule has 2 N–H and O–H groups in total. The van der Waals surface area contributed by atoms with Gasteiger partial charge in [-0.1, -0.05) is 72.8 Å². The van der Waals surface area contributed by atoms with Crippen LogP contribution < -0.4 is 10.1 Å². The summed E-state index contributed by atoms with van der Waals surface area (Å²) in [6.45, 7) is 1.51. The minimum atomic E-state index is -0.567. The van der Waals surface area contributed by atoms with Crippen LogP contribution in [-0.4, -0.2) is 49.9 Å². The Kier molecular flexibility index (Phi) is 7.82.